The number of rotatable bonds is 3. The average Bonchev–Trinajstić information content (AvgIpc) is 2.40. The molecular formula is C14H18F3NO2. The average molecular weight is 289 g/mol. The summed E-state index contributed by atoms with van der Waals surface area (Å²) in [5.74, 6) is -0.723. The standard InChI is InChI=1S/C14H18F3NO2/c1-20-11-4-6-18(7-5-11)9-10-2-3-13(19)12(8-10)14(15,16)17/h2-3,8,11,19H,4-7,9H2,1H3. The molecule has 1 fully saturated rings. The Labute approximate surface area is 116 Å². The maximum Gasteiger partial charge on any atom is 0.419 e. The molecule has 2 rings (SSSR count). The van der Waals surface area contributed by atoms with Crippen molar-refractivity contribution in [2.45, 2.75) is 31.7 Å². The Kier molecular flexibility index (Phi) is 4.55. The largest absolute Gasteiger partial charge is 0.507 e. The summed E-state index contributed by atoms with van der Waals surface area (Å²) >= 11 is 0. The summed E-state index contributed by atoms with van der Waals surface area (Å²) in [6.45, 7) is 2.07. The van der Waals surface area contributed by atoms with Gasteiger partial charge in [0.1, 0.15) is 5.75 Å². The second-order valence-corrected chi connectivity index (χ2v) is 5.06. The summed E-state index contributed by atoms with van der Waals surface area (Å²) in [6, 6.07) is 3.67. The smallest absolute Gasteiger partial charge is 0.419 e. The van der Waals surface area contributed by atoms with Gasteiger partial charge in [-0.3, -0.25) is 4.90 Å². The molecule has 1 aliphatic heterocycles. The van der Waals surface area contributed by atoms with Crippen LogP contribution in [-0.4, -0.2) is 36.3 Å². The number of benzene rings is 1. The van der Waals surface area contributed by atoms with Crippen molar-refractivity contribution in [2.24, 2.45) is 0 Å². The van der Waals surface area contributed by atoms with Crippen LogP contribution < -0.4 is 0 Å². The van der Waals surface area contributed by atoms with E-state index in [1.165, 1.54) is 6.07 Å². The Morgan fingerprint density at radius 3 is 2.50 bits per heavy atom. The van der Waals surface area contributed by atoms with Crippen molar-refractivity contribution in [1.82, 2.24) is 4.90 Å². The number of aromatic hydroxyl groups is 1. The maximum absolute atomic E-state index is 12.7. The number of hydrogen-bond donors (Lipinski definition) is 1. The predicted octanol–water partition coefficient (Wildman–Crippen LogP) is 3.02. The van der Waals surface area contributed by atoms with Gasteiger partial charge < -0.3 is 9.84 Å². The number of piperidine rings is 1. The first-order valence-corrected chi connectivity index (χ1v) is 6.54. The third-order valence-corrected chi connectivity index (χ3v) is 3.64. The minimum atomic E-state index is -4.52. The summed E-state index contributed by atoms with van der Waals surface area (Å²) in [4.78, 5) is 2.10. The van der Waals surface area contributed by atoms with Gasteiger partial charge in [-0.05, 0) is 30.5 Å². The van der Waals surface area contributed by atoms with Gasteiger partial charge in [-0.15, -0.1) is 0 Å². The molecule has 0 aliphatic carbocycles. The third kappa shape index (κ3) is 3.64. The molecule has 0 radical (unpaired) electrons. The molecule has 3 nitrogen and oxygen atoms in total. The number of phenolic OH excluding ortho intramolecular Hbond substituents is 1. The van der Waals surface area contributed by atoms with Crippen LogP contribution >= 0.6 is 0 Å². The number of halogens is 3. The zero-order valence-electron chi connectivity index (χ0n) is 11.3. The van der Waals surface area contributed by atoms with E-state index in [0.29, 0.717) is 12.1 Å². The van der Waals surface area contributed by atoms with Crippen LogP contribution in [0.3, 0.4) is 0 Å². The first-order chi connectivity index (χ1) is 9.40. The van der Waals surface area contributed by atoms with Crippen molar-refractivity contribution < 1.29 is 23.0 Å². The second-order valence-electron chi connectivity index (χ2n) is 5.06. The molecule has 0 saturated carbocycles. The van der Waals surface area contributed by atoms with Crippen LogP contribution in [0.5, 0.6) is 5.75 Å². The first kappa shape index (κ1) is 15.1. The molecule has 1 heterocycles. The second kappa shape index (κ2) is 6.01. The van der Waals surface area contributed by atoms with E-state index in [0.717, 1.165) is 38.1 Å². The summed E-state index contributed by atoms with van der Waals surface area (Å²) in [6.07, 6.45) is -2.50. The molecule has 0 amide bonds. The van der Waals surface area contributed by atoms with Gasteiger partial charge in [0.15, 0.2) is 0 Å². The molecule has 1 aromatic carbocycles. The SMILES string of the molecule is COC1CCN(Cc2ccc(O)c(C(F)(F)F)c2)CC1. The van der Waals surface area contributed by atoms with E-state index < -0.39 is 17.5 Å². The Balaban J connectivity index is 2.04. The molecule has 1 N–H and O–H groups in total. The highest BCUT2D eigenvalue weighted by Crippen LogP contribution is 2.36. The summed E-state index contributed by atoms with van der Waals surface area (Å²) < 4.78 is 43.4. The van der Waals surface area contributed by atoms with Crippen molar-refractivity contribution in [1.29, 1.82) is 0 Å². The normalized spacial score (nSPS) is 18.4. The summed E-state index contributed by atoms with van der Waals surface area (Å²) in [5, 5.41) is 9.29. The van der Waals surface area contributed by atoms with Gasteiger partial charge in [-0.25, -0.2) is 0 Å². The number of ether oxygens (including phenoxy) is 1. The third-order valence-electron chi connectivity index (χ3n) is 3.64. The van der Waals surface area contributed by atoms with E-state index in [9.17, 15) is 18.3 Å². The lowest BCUT2D eigenvalue weighted by Gasteiger charge is -2.31. The van der Waals surface area contributed by atoms with Crippen molar-refractivity contribution in [3.63, 3.8) is 0 Å². The van der Waals surface area contributed by atoms with E-state index >= 15 is 0 Å². The molecule has 1 aliphatic rings. The molecule has 1 aromatic rings. The van der Waals surface area contributed by atoms with Crippen LogP contribution in [0.1, 0.15) is 24.0 Å². The quantitative estimate of drug-likeness (QED) is 0.928. The van der Waals surface area contributed by atoms with Crippen molar-refractivity contribution in [3.05, 3.63) is 29.3 Å². The first-order valence-electron chi connectivity index (χ1n) is 6.54. The zero-order valence-corrected chi connectivity index (χ0v) is 11.3. The minimum Gasteiger partial charge on any atom is -0.507 e. The van der Waals surface area contributed by atoms with Crippen molar-refractivity contribution in [3.8, 4) is 5.75 Å². The van der Waals surface area contributed by atoms with Gasteiger partial charge in [-0.2, -0.15) is 13.2 Å². The Bertz CT molecular complexity index is 454. The highest BCUT2D eigenvalue weighted by Gasteiger charge is 2.34. The minimum absolute atomic E-state index is 0.247. The van der Waals surface area contributed by atoms with Crippen LogP contribution in [0.15, 0.2) is 18.2 Å². The number of nitrogens with zero attached hydrogens (tertiary/aromatic N) is 1. The summed E-state index contributed by atoms with van der Waals surface area (Å²) in [7, 11) is 1.68. The monoisotopic (exact) mass is 289 g/mol. The molecule has 0 spiro atoms. The van der Waals surface area contributed by atoms with Crippen LogP contribution in [-0.2, 0) is 17.5 Å². The molecule has 0 aromatic heterocycles. The predicted molar refractivity (Wildman–Crippen MR) is 68.4 cm³/mol. The maximum atomic E-state index is 12.7. The van der Waals surface area contributed by atoms with Gasteiger partial charge in [0, 0.05) is 26.7 Å². The lowest BCUT2D eigenvalue weighted by molar-refractivity contribution is -0.138. The number of methoxy groups -OCH3 is 1. The number of phenols is 1. The topological polar surface area (TPSA) is 32.7 Å². The van der Waals surface area contributed by atoms with Gasteiger partial charge in [0.25, 0.3) is 0 Å². The molecule has 1 saturated heterocycles. The van der Waals surface area contributed by atoms with Gasteiger partial charge in [0.05, 0.1) is 11.7 Å². The molecule has 0 bridgehead atoms. The zero-order chi connectivity index (χ0) is 14.8. The molecule has 20 heavy (non-hydrogen) atoms. The van der Waals surface area contributed by atoms with Gasteiger partial charge in [0.2, 0.25) is 0 Å². The van der Waals surface area contributed by atoms with E-state index in [-0.39, 0.29) is 6.10 Å². The fourth-order valence-corrected chi connectivity index (χ4v) is 2.47. The van der Waals surface area contributed by atoms with E-state index in [1.54, 1.807) is 7.11 Å². The number of alkyl halides is 3. The fourth-order valence-electron chi connectivity index (χ4n) is 2.47. The van der Waals surface area contributed by atoms with Crippen LogP contribution in [0, 0.1) is 0 Å². The van der Waals surface area contributed by atoms with E-state index in [2.05, 4.69) is 4.90 Å². The number of likely N-dealkylation sites (tertiary alicyclic amines) is 1. The highest BCUT2D eigenvalue weighted by molar-refractivity contribution is 5.38. The Morgan fingerprint density at radius 2 is 1.95 bits per heavy atom. The molecule has 0 atom stereocenters. The fraction of sp³-hybridized carbons (Fsp3) is 0.571. The van der Waals surface area contributed by atoms with Gasteiger partial charge in [-0.1, -0.05) is 6.07 Å². The summed E-state index contributed by atoms with van der Waals surface area (Å²) in [5.41, 5.74) is -0.409. The molecule has 112 valence electrons. The van der Waals surface area contributed by atoms with Crippen LogP contribution in [0.2, 0.25) is 0 Å². The van der Waals surface area contributed by atoms with Gasteiger partial charge >= 0.3 is 6.18 Å². The van der Waals surface area contributed by atoms with E-state index in [1.807, 2.05) is 0 Å². The van der Waals surface area contributed by atoms with Crippen LogP contribution in [0.25, 0.3) is 0 Å². The highest BCUT2D eigenvalue weighted by atomic mass is 19.4. The van der Waals surface area contributed by atoms with E-state index in [4.69, 9.17) is 4.74 Å². The lowest BCUT2D eigenvalue weighted by Crippen LogP contribution is -2.36. The Hall–Kier alpha value is -1.27. The molecule has 0 unspecified atom stereocenters. The lowest BCUT2D eigenvalue weighted by atomic mass is 10.1. The van der Waals surface area contributed by atoms with Crippen molar-refractivity contribution in [2.75, 3.05) is 20.2 Å². The number of hydrogen-bond acceptors (Lipinski definition) is 3. The molecular weight excluding hydrogens is 271 g/mol. The van der Waals surface area contributed by atoms with Crippen LogP contribution in [0.4, 0.5) is 13.2 Å². The molecule has 6 heteroatoms. The Morgan fingerprint density at radius 1 is 1.30 bits per heavy atom. The van der Waals surface area contributed by atoms with Crippen molar-refractivity contribution >= 4 is 0 Å².